The molecule has 1 amide bonds. The van der Waals surface area contributed by atoms with E-state index in [1.165, 1.54) is 17.0 Å². The number of likely N-dealkylation sites (tertiary alicyclic amines) is 1. The lowest BCUT2D eigenvalue weighted by Crippen LogP contribution is -2.49. The highest BCUT2D eigenvalue weighted by Crippen LogP contribution is 2.35. The summed E-state index contributed by atoms with van der Waals surface area (Å²) < 4.78 is 15.3. The van der Waals surface area contributed by atoms with Crippen LogP contribution in [0.4, 0.5) is 4.39 Å². The molecule has 2 aliphatic rings. The summed E-state index contributed by atoms with van der Waals surface area (Å²) in [6, 6.07) is 15.1. The number of benzene rings is 1. The normalized spacial score (nSPS) is 22.1. The van der Waals surface area contributed by atoms with Crippen molar-refractivity contribution >= 4 is 17.2 Å². The van der Waals surface area contributed by atoms with E-state index >= 15 is 0 Å². The van der Waals surface area contributed by atoms with E-state index in [2.05, 4.69) is 20.9 Å². The van der Waals surface area contributed by atoms with Crippen molar-refractivity contribution in [2.24, 2.45) is 0 Å². The highest BCUT2D eigenvalue weighted by atomic mass is 32.1. The Labute approximate surface area is 161 Å². The summed E-state index contributed by atoms with van der Waals surface area (Å²) in [6.07, 6.45) is 2.02. The van der Waals surface area contributed by atoms with Crippen LogP contribution in [0.25, 0.3) is 0 Å². The summed E-state index contributed by atoms with van der Waals surface area (Å²) in [7, 11) is 0. The highest BCUT2D eigenvalue weighted by molar-refractivity contribution is 7.09. The van der Waals surface area contributed by atoms with E-state index in [1.54, 1.807) is 11.3 Å². The predicted molar refractivity (Wildman–Crippen MR) is 103 cm³/mol. The Bertz CT molecular complexity index is 950. The van der Waals surface area contributed by atoms with Gasteiger partial charge in [-0.15, -0.1) is 11.3 Å². The lowest BCUT2D eigenvalue weighted by Gasteiger charge is -2.38. The van der Waals surface area contributed by atoms with Crippen molar-refractivity contribution in [1.29, 1.82) is 0 Å². The van der Waals surface area contributed by atoms with Gasteiger partial charge in [-0.1, -0.05) is 18.2 Å². The predicted octanol–water partition coefficient (Wildman–Crippen LogP) is 3.77. The van der Waals surface area contributed by atoms with Crippen LogP contribution in [0.15, 0.2) is 60.1 Å². The standard InChI is InChI=1S/C21H20FN3OS/c22-16-7-5-15(6-8-16)11-23-13-19-20(14-23)25(12-17-3-2-10-27-17)21(26)18-4-1-9-24(18)19/h1-10,19-20H,11-14H2. The van der Waals surface area contributed by atoms with Crippen LogP contribution in [0, 0.1) is 5.82 Å². The van der Waals surface area contributed by atoms with Gasteiger partial charge in [0.15, 0.2) is 0 Å². The minimum absolute atomic E-state index is 0.110. The Hall–Kier alpha value is -2.44. The van der Waals surface area contributed by atoms with E-state index in [0.717, 1.165) is 30.9 Å². The van der Waals surface area contributed by atoms with Gasteiger partial charge in [-0.3, -0.25) is 9.69 Å². The minimum atomic E-state index is -0.210. The van der Waals surface area contributed by atoms with Gasteiger partial charge in [0.2, 0.25) is 0 Å². The molecule has 0 radical (unpaired) electrons. The molecule has 3 aromatic rings. The molecule has 4 nitrogen and oxygen atoms in total. The van der Waals surface area contributed by atoms with E-state index in [9.17, 15) is 9.18 Å². The fraction of sp³-hybridized carbons (Fsp3) is 0.286. The molecular weight excluding hydrogens is 361 g/mol. The molecule has 27 heavy (non-hydrogen) atoms. The first-order valence-electron chi connectivity index (χ1n) is 9.16. The summed E-state index contributed by atoms with van der Waals surface area (Å²) in [5, 5.41) is 2.05. The lowest BCUT2D eigenvalue weighted by molar-refractivity contribution is 0.0559. The second-order valence-corrected chi connectivity index (χ2v) is 8.30. The average molecular weight is 381 g/mol. The number of hydrogen-bond donors (Lipinski definition) is 0. The minimum Gasteiger partial charge on any atom is -0.337 e. The number of amides is 1. The van der Waals surface area contributed by atoms with Crippen LogP contribution in [0.2, 0.25) is 0 Å². The topological polar surface area (TPSA) is 28.5 Å². The van der Waals surface area contributed by atoms with Crippen LogP contribution < -0.4 is 0 Å². The largest absolute Gasteiger partial charge is 0.337 e. The van der Waals surface area contributed by atoms with Crippen LogP contribution >= 0.6 is 11.3 Å². The third kappa shape index (κ3) is 2.99. The summed E-state index contributed by atoms with van der Waals surface area (Å²) in [5.74, 6) is -0.100. The van der Waals surface area contributed by atoms with Crippen molar-refractivity contribution in [3.63, 3.8) is 0 Å². The Balaban J connectivity index is 1.42. The molecule has 1 aromatic carbocycles. The van der Waals surface area contributed by atoms with Gasteiger partial charge in [0.25, 0.3) is 5.91 Å². The Morgan fingerprint density at radius 2 is 1.81 bits per heavy atom. The SMILES string of the molecule is O=C1c2cccn2C2CN(Cc3ccc(F)cc3)CC2N1Cc1cccs1. The van der Waals surface area contributed by atoms with Crippen LogP contribution in [0.3, 0.4) is 0 Å². The maximum absolute atomic E-state index is 13.2. The molecule has 1 fully saturated rings. The van der Waals surface area contributed by atoms with Crippen molar-refractivity contribution in [2.75, 3.05) is 13.1 Å². The van der Waals surface area contributed by atoms with E-state index in [-0.39, 0.29) is 23.8 Å². The van der Waals surface area contributed by atoms with Crippen LogP contribution in [-0.2, 0) is 13.1 Å². The third-order valence-electron chi connectivity index (χ3n) is 5.58. The lowest BCUT2D eigenvalue weighted by atomic mass is 10.1. The number of carbonyl (C=O) groups excluding carboxylic acids is 1. The Morgan fingerprint density at radius 3 is 2.59 bits per heavy atom. The third-order valence-corrected chi connectivity index (χ3v) is 6.44. The molecule has 0 aliphatic carbocycles. The molecule has 0 saturated carbocycles. The van der Waals surface area contributed by atoms with Gasteiger partial charge in [0, 0.05) is 30.7 Å². The molecule has 2 unspecified atom stereocenters. The van der Waals surface area contributed by atoms with Crippen molar-refractivity contribution < 1.29 is 9.18 Å². The number of rotatable bonds is 4. The summed E-state index contributed by atoms with van der Waals surface area (Å²) >= 11 is 1.69. The highest BCUT2D eigenvalue weighted by Gasteiger charge is 2.44. The van der Waals surface area contributed by atoms with Gasteiger partial charge < -0.3 is 9.47 Å². The van der Waals surface area contributed by atoms with E-state index < -0.39 is 0 Å². The fourth-order valence-corrected chi connectivity index (χ4v) is 5.03. The van der Waals surface area contributed by atoms with E-state index in [1.807, 2.05) is 41.4 Å². The first-order chi connectivity index (χ1) is 13.2. The summed E-state index contributed by atoms with van der Waals surface area (Å²) in [6.45, 7) is 3.15. The number of halogens is 1. The Kier molecular flexibility index (Phi) is 4.10. The van der Waals surface area contributed by atoms with Crippen LogP contribution in [-0.4, -0.2) is 39.4 Å². The molecule has 2 aromatic heterocycles. The van der Waals surface area contributed by atoms with Crippen LogP contribution in [0.1, 0.15) is 27.0 Å². The monoisotopic (exact) mass is 381 g/mol. The van der Waals surface area contributed by atoms with Gasteiger partial charge in [0.05, 0.1) is 18.6 Å². The molecule has 6 heteroatoms. The van der Waals surface area contributed by atoms with Crippen LogP contribution in [0.5, 0.6) is 0 Å². The number of thiophene rings is 1. The van der Waals surface area contributed by atoms with Crippen molar-refractivity contribution in [1.82, 2.24) is 14.4 Å². The fourth-order valence-electron chi connectivity index (χ4n) is 4.33. The number of nitrogens with zero attached hydrogens (tertiary/aromatic N) is 3. The second kappa shape index (κ2) is 6.62. The van der Waals surface area contributed by atoms with Crippen molar-refractivity contribution in [3.05, 3.63) is 82.1 Å². The van der Waals surface area contributed by atoms with Gasteiger partial charge in [-0.05, 0) is 41.3 Å². The zero-order chi connectivity index (χ0) is 18.4. The molecule has 2 atom stereocenters. The van der Waals surface area contributed by atoms with Crippen molar-refractivity contribution in [2.45, 2.75) is 25.2 Å². The quantitative estimate of drug-likeness (QED) is 0.688. The smallest absolute Gasteiger partial charge is 0.271 e. The maximum Gasteiger partial charge on any atom is 0.271 e. The molecule has 5 rings (SSSR count). The molecule has 138 valence electrons. The average Bonchev–Trinajstić information content (AvgIpc) is 3.40. The van der Waals surface area contributed by atoms with E-state index in [4.69, 9.17) is 0 Å². The van der Waals surface area contributed by atoms with Crippen molar-refractivity contribution in [3.8, 4) is 0 Å². The zero-order valence-electron chi connectivity index (χ0n) is 14.8. The number of hydrogen-bond acceptors (Lipinski definition) is 3. The van der Waals surface area contributed by atoms with Gasteiger partial charge in [-0.2, -0.15) is 0 Å². The zero-order valence-corrected chi connectivity index (χ0v) is 15.6. The Morgan fingerprint density at radius 1 is 1.00 bits per heavy atom. The first-order valence-corrected chi connectivity index (χ1v) is 10.0. The number of aromatic nitrogens is 1. The molecule has 0 bridgehead atoms. The molecule has 0 N–H and O–H groups in total. The summed E-state index contributed by atoms with van der Waals surface area (Å²) in [5.41, 5.74) is 1.87. The maximum atomic E-state index is 13.2. The van der Waals surface area contributed by atoms with Gasteiger partial charge in [0.1, 0.15) is 11.5 Å². The molecule has 4 heterocycles. The molecular formula is C21H20FN3OS. The van der Waals surface area contributed by atoms with Gasteiger partial charge >= 0.3 is 0 Å². The molecule has 1 saturated heterocycles. The number of carbonyl (C=O) groups is 1. The molecule has 2 aliphatic heterocycles. The first kappa shape index (κ1) is 16.7. The summed E-state index contributed by atoms with van der Waals surface area (Å²) in [4.78, 5) is 18.7. The van der Waals surface area contributed by atoms with Gasteiger partial charge in [-0.25, -0.2) is 4.39 Å². The second-order valence-electron chi connectivity index (χ2n) is 7.27. The van der Waals surface area contributed by atoms with E-state index in [0.29, 0.717) is 6.54 Å². The number of fused-ring (bicyclic) bond motifs is 3. The molecule has 0 spiro atoms.